The van der Waals surface area contributed by atoms with Crippen molar-refractivity contribution in [3.05, 3.63) is 60.4 Å². The van der Waals surface area contributed by atoms with Crippen LogP contribution in [0.3, 0.4) is 0 Å². The van der Waals surface area contributed by atoms with E-state index in [1.807, 2.05) is 42.5 Å². The Labute approximate surface area is 268 Å². The van der Waals surface area contributed by atoms with E-state index in [9.17, 15) is 35.1 Å². The van der Waals surface area contributed by atoms with Gasteiger partial charge in [0.1, 0.15) is 48.4 Å². The number of aromatic nitrogens is 4. The third-order valence-electron chi connectivity index (χ3n) is 8.00. The van der Waals surface area contributed by atoms with Gasteiger partial charge in [-0.25, -0.2) is 9.48 Å². The second-order valence-corrected chi connectivity index (χ2v) is 11.1. The van der Waals surface area contributed by atoms with Crippen molar-refractivity contribution in [3.8, 4) is 17.1 Å². The van der Waals surface area contributed by atoms with Crippen LogP contribution in [0, 0.1) is 0 Å². The highest BCUT2D eigenvalue weighted by Gasteiger charge is 2.50. The fourth-order valence-corrected chi connectivity index (χ4v) is 5.52. The minimum atomic E-state index is -1.72. The maximum Gasteiger partial charge on any atom is 0.335 e. The quantitative estimate of drug-likeness (QED) is 0.128. The number of pyridine rings is 1. The molecule has 0 spiro atoms. The first-order chi connectivity index (χ1) is 22.6. The Hall–Kier alpha value is -3.91. The predicted molar refractivity (Wildman–Crippen MR) is 158 cm³/mol. The zero-order chi connectivity index (χ0) is 33.7. The molecule has 10 atom stereocenters. The number of carboxylic acids is 1. The minimum Gasteiger partial charge on any atom is -0.479 e. The van der Waals surface area contributed by atoms with Gasteiger partial charge in [-0.2, -0.15) is 0 Å². The second-order valence-electron chi connectivity index (χ2n) is 11.1. The van der Waals surface area contributed by atoms with Crippen LogP contribution >= 0.6 is 0 Å². The number of hydrogen-bond acceptors (Lipinski definition) is 14. The Morgan fingerprint density at radius 1 is 0.915 bits per heavy atom. The lowest BCUT2D eigenvalue weighted by Gasteiger charge is -2.44. The van der Waals surface area contributed by atoms with Crippen LogP contribution in [-0.2, 0) is 39.8 Å². The maximum absolute atomic E-state index is 13.0. The zero-order valence-electron chi connectivity index (χ0n) is 25.5. The largest absolute Gasteiger partial charge is 0.479 e. The number of ether oxygens (including phenoxy) is 5. The molecule has 4 heterocycles. The summed E-state index contributed by atoms with van der Waals surface area (Å²) >= 11 is 0. The second kappa shape index (κ2) is 15.3. The van der Waals surface area contributed by atoms with E-state index in [2.05, 4.69) is 20.6 Å². The number of nitrogens with one attached hydrogen (secondary N) is 1. The van der Waals surface area contributed by atoms with E-state index in [0.717, 1.165) is 5.56 Å². The normalized spacial score (nSPS) is 30.9. The molecule has 254 valence electrons. The van der Waals surface area contributed by atoms with Crippen LogP contribution in [0.4, 0.5) is 0 Å². The Morgan fingerprint density at radius 2 is 1.70 bits per heavy atom. The van der Waals surface area contributed by atoms with Gasteiger partial charge in [-0.05, 0) is 29.8 Å². The van der Waals surface area contributed by atoms with Crippen molar-refractivity contribution in [2.75, 3.05) is 20.8 Å². The summed E-state index contributed by atoms with van der Waals surface area (Å²) in [6.45, 7) is -0.374. The number of aliphatic hydroxyl groups excluding tert-OH is 4. The van der Waals surface area contributed by atoms with Gasteiger partial charge in [0.2, 0.25) is 5.91 Å². The van der Waals surface area contributed by atoms with E-state index in [1.54, 1.807) is 17.1 Å². The summed E-state index contributed by atoms with van der Waals surface area (Å²) in [4.78, 5) is 29.1. The standard InChI is InChI=1S/C30H37N5O12/c1-43-26-19(46-20(22(37)23(26)38)14-45-27-24(39)25(40)30(44-2)47-28(27)29(41)42)11-21(36)32-12-15-6-5-7-16(10-15)35-13-18(33-34-35)17-8-3-4-9-31-17/h3-10,13,19-20,22-28,30,37-40H,11-12,14H2,1-2H3,(H,32,36)(H,41,42). The predicted octanol–water partition coefficient (Wildman–Crippen LogP) is -1.60. The minimum absolute atomic E-state index is 0.150. The SMILES string of the molecule is COC1OC(C(=O)O)C(OCC2OC(CC(=O)NCc3cccc(-n4cc(-c5ccccn5)nn4)c3)C(OC)C(O)C2O)C(O)C1O. The number of nitrogens with zero attached hydrogens (tertiary/aromatic N) is 4. The summed E-state index contributed by atoms with van der Waals surface area (Å²) < 4.78 is 28.5. The first-order valence-electron chi connectivity index (χ1n) is 14.7. The smallest absolute Gasteiger partial charge is 0.335 e. The highest BCUT2D eigenvalue weighted by Crippen LogP contribution is 2.29. The number of amides is 1. The number of carbonyl (C=O) groups is 2. The fourth-order valence-electron chi connectivity index (χ4n) is 5.52. The molecule has 2 aromatic heterocycles. The van der Waals surface area contributed by atoms with Gasteiger partial charge in [0.15, 0.2) is 12.4 Å². The van der Waals surface area contributed by atoms with E-state index in [4.69, 9.17) is 23.7 Å². The average Bonchev–Trinajstić information content (AvgIpc) is 3.58. The molecule has 6 N–H and O–H groups in total. The molecule has 1 amide bonds. The first-order valence-corrected chi connectivity index (χ1v) is 14.7. The van der Waals surface area contributed by atoms with E-state index in [0.29, 0.717) is 17.1 Å². The molecule has 3 aromatic rings. The highest BCUT2D eigenvalue weighted by atomic mass is 16.7. The van der Waals surface area contributed by atoms with Crippen molar-refractivity contribution in [2.24, 2.45) is 0 Å². The fraction of sp³-hybridized carbons (Fsp3) is 0.500. The van der Waals surface area contributed by atoms with Crippen molar-refractivity contribution >= 4 is 11.9 Å². The van der Waals surface area contributed by atoms with Gasteiger partial charge in [0, 0.05) is 27.0 Å². The summed E-state index contributed by atoms with van der Waals surface area (Å²) in [7, 11) is 2.47. The lowest BCUT2D eigenvalue weighted by Crippen LogP contribution is -2.63. The van der Waals surface area contributed by atoms with Crippen molar-refractivity contribution in [1.82, 2.24) is 25.3 Å². The van der Waals surface area contributed by atoms with Crippen LogP contribution in [0.15, 0.2) is 54.9 Å². The summed E-state index contributed by atoms with van der Waals surface area (Å²) in [5.41, 5.74) is 2.75. The van der Waals surface area contributed by atoms with Crippen LogP contribution in [0.5, 0.6) is 0 Å². The van der Waals surface area contributed by atoms with Crippen LogP contribution in [-0.4, -0.2) is 139 Å². The van der Waals surface area contributed by atoms with Gasteiger partial charge in [-0.15, -0.1) is 5.10 Å². The Bertz CT molecular complexity index is 1490. The van der Waals surface area contributed by atoms with E-state index in [-0.39, 0.29) is 13.0 Å². The Balaban J connectivity index is 1.19. The molecule has 2 aliphatic heterocycles. The zero-order valence-corrected chi connectivity index (χ0v) is 25.5. The third-order valence-corrected chi connectivity index (χ3v) is 8.00. The lowest BCUT2D eigenvalue weighted by molar-refractivity contribution is -0.302. The molecule has 0 aliphatic carbocycles. The first kappa shape index (κ1) is 34.4. The average molecular weight is 660 g/mol. The lowest BCUT2D eigenvalue weighted by atomic mass is 9.93. The molecule has 5 rings (SSSR count). The van der Waals surface area contributed by atoms with Crippen LogP contribution in [0.1, 0.15) is 12.0 Å². The van der Waals surface area contributed by atoms with Crippen LogP contribution in [0.25, 0.3) is 17.1 Å². The summed E-state index contributed by atoms with van der Waals surface area (Å²) in [5, 5.41) is 62.9. The van der Waals surface area contributed by atoms with Crippen molar-refractivity contribution in [2.45, 2.75) is 74.2 Å². The Kier molecular flexibility index (Phi) is 11.2. The molecule has 17 nitrogen and oxygen atoms in total. The molecular weight excluding hydrogens is 622 g/mol. The summed E-state index contributed by atoms with van der Waals surface area (Å²) in [5.74, 6) is -1.93. The molecule has 0 saturated carbocycles. The topological polar surface area (TPSA) is 237 Å². The maximum atomic E-state index is 13.0. The van der Waals surface area contributed by atoms with Crippen LogP contribution < -0.4 is 5.32 Å². The number of carbonyl (C=O) groups excluding carboxylic acids is 1. The van der Waals surface area contributed by atoms with E-state index in [1.165, 1.54) is 14.2 Å². The molecule has 2 saturated heterocycles. The molecule has 0 bridgehead atoms. The monoisotopic (exact) mass is 659 g/mol. The van der Waals surface area contributed by atoms with Crippen molar-refractivity contribution in [1.29, 1.82) is 0 Å². The molecule has 10 unspecified atom stereocenters. The van der Waals surface area contributed by atoms with Gasteiger partial charge < -0.3 is 54.5 Å². The van der Waals surface area contributed by atoms with Crippen molar-refractivity contribution < 1.29 is 58.8 Å². The third kappa shape index (κ3) is 7.81. The van der Waals surface area contributed by atoms with Gasteiger partial charge in [0.05, 0.1) is 36.7 Å². The summed E-state index contributed by atoms with van der Waals surface area (Å²) in [6.07, 6.45) is -11.3. The summed E-state index contributed by atoms with van der Waals surface area (Å²) in [6, 6.07) is 12.8. The van der Waals surface area contributed by atoms with Gasteiger partial charge in [-0.1, -0.05) is 23.4 Å². The van der Waals surface area contributed by atoms with E-state index >= 15 is 0 Å². The van der Waals surface area contributed by atoms with Gasteiger partial charge in [0.25, 0.3) is 0 Å². The highest BCUT2D eigenvalue weighted by molar-refractivity contribution is 5.76. The number of carboxylic acid groups (broad SMARTS) is 1. The number of aliphatic hydroxyl groups is 4. The molecule has 17 heteroatoms. The van der Waals surface area contributed by atoms with Gasteiger partial charge >= 0.3 is 5.97 Å². The van der Waals surface area contributed by atoms with Crippen LogP contribution in [0.2, 0.25) is 0 Å². The van der Waals surface area contributed by atoms with Crippen molar-refractivity contribution in [3.63, 3.8) is 0 Å². The number of aliphatic carboxylic acids is 1. The Morgan fingerprint density at radius 3 is 2.40 bits per heavy atom. The number of hydrogen-bond donors (Lipinski definition) is 6. The van der Waals surface area contributed by atoms with Gasteiger partial charge in [-0.3, -0.25) is 9.78 Å². The molecule has 2 fully saturated rings. The number of methoxy groups -OCH3 is 2. The molecule has 1 aromatic carbocycles. The van der Waals surface area contributed by atoms with E-state index < -0.39 is 79.7 Å². The molecular formula is C30H37N5O12. The molecule has 47 heavy (non-hydrogen) atoms. The molecule has 2 aliphatic rings. The number of benzene rings is 1. The molecule has 0 radical (unpaired) electrons. The number of rotatable bonds is 12.